The maximum atomic E-state index is 5.42. The Kier molecular flexibility index (Phi) is 5.39. The third-order valence-electron chi connectivity index (χ3n) is 3.29. The summed E-state index contributed by atoms with van der Waals surface area (Å²) in [6.45, 7) is 8.93. The third kappa shape index (κ3) is 4.67. The summed E-state index contributed by atoms with van der Waals surface area (Å²) in [7, 11) is 0. The van der Waals surface area contributed by atoms with Crippen LogP contribution in [-0.4, -0.2) is 47.7 Å². The monoisotopic (exact) mass is 264 g/mol. The van der Waals surface area contributed by atoms with Gasteiger partial charge in [-0.25, -0.2) is 4.98 Å². The Morgan fingerprint density at radius 2 is 2.05 bits per heavy atom. The van der Waals surface area contributed by atoms with Crippen LogP contribution in [0.5, 0.6) is 5.88 Å². The van der Waals surface area contributed by atoms with E-state index in [0.717, 1.165) is 24.7 Å². The van der Waals surface area contributed by atoms with E-state index in [9.17, 15) is 0 Å². The van der Waals surface area contributed by atoms with E-state index in [1.165, 1.54) is 32.4 Å². The molecule has 19 heavy (non-hydrogen) atoms. The van der Waals surface area contributed by atoms with Crippen molar-refractivity contribution in [2.45, 2.75) is 33.1 Å². The maximum Gasteiger partial charge on any atom is 0.218 e. The molecule has 2 rings (SSSR count). The van der Waals surface area contributed by atoms with Crippen LogP contribution in [0.25, 0.3) is 0 Å². The number of piperidine rings is 1. The Balaban J connectivity index is 1.81. The van der Waals surface area contributed by atoms with Crippen molar-refractivity contribution < 1.29 is 4.74 Å². The predicted octanol–water partition coefficient (Wildman–Crippen LogP) is 2.08. The Hall–Kier alpha value is -1.36. The number of rotatable bonds is 6. The van der Waals surface area contributed by atoms with Crippen molar-refractivity contribution in [3.8, 4) is 5.88 Å². The highest BCUT2D eigenvalue weighted by Crippen LogP contribution is 2.13. The standard InChI is InChI=1S/C14H24N4O/c1-3-19-14-11-13(16-12(2)17-14)15-7-10-18-8-5-4-6-9-18/h11H,3-10H2,1-2H3,(H,15,16,17). The average Bonchev–Trinajstić information content (AvgIpc) is 2.40. The molecule has 0 aromatic carbocycles. The van der Waals surface area contributed by atoms with Crippen LogP contribution in [0.3, 0.4) is 0 Å². The number of hydrogen-bond donors (Lipinski definition) is 1. The van der Waals surface area contributed by atoms with E-state index < -0.39 is 0 Å². The summed E-state index contributed by atoms with van der Waals surface area (Å²) < 4.78 is 5.42. The van der Waals surface area contributed by atoms with Crippen molar-refractivity contribution in [1.82, 2.24) is 14.9 Å². The summed E-state index contributed by atoms with van der Waals surface area (Å²) in [6, 6.07) is 1.87. The van der Waals surface area contributed by atoms with Gasteiger partial charge in [-0.05, 0) is 39.8 Å². The number of hydrogen-bond acceptors (Lipinski definition) is 5. The Bertz CT molecular complexity index is 391. The molecule has 1 aromatic rings. The van der Waals surface area contributed by atoms with E-state index in [4.69, 9.17) is 4.74 Å². The highest BCUT2D eigenvalue weighted by Gasteiger charge is 2.09. The second-order valence-electron chi connectivity index (χ2n) is 4.90. The van der Waals surface area contributed by atoms with E-state index in [2.05, 4.69) is 20.2 Å². The molecule has 0 atom stereocenters. The van der Waals surface area contributed by atoms with Crippen LogP contribution >= 0.6 is 0 Å². The minimum absolute atomic E-state index is 0.629. The van der Waals surface area contributed by atoms with Crippen molar-refractivity contribution in [2.75, 3.05) is 38.1 Å². The number of likely N-dealkylation sites (tertiary alicyclic amines) is 1. The zero-order chi connectivity index (χ0) is 13.5. The fourth-order valence-electron chi connectivity index (χ4n) is 2.38. The molecular weight excluding hydrogens is 240 g/mol. The van der Waals surface area contributed by atoms with Gasteiger partial charge in [-0.3, -0.25) is 0 Å². The molecule has 5 heteroatoms. The molecule has 0 aliphatic carbocycles. The van der Waals surface area contributed by atoms with Crippen molar-refractivity contribution in [2.24, 2.45) is 0 Å². The first kappa shape index (κ1) is 14.1. The van der Waals surface area contributed by atoms with E-state index in [1.54, 1.807) is 0 Å². The normalized spacial score (nSPS) is 16.3. The van der Waals surface area contributed by atoms with Crippen molar-refractivity contribution in [3.63, 3.8) is 0 Å². The van der Waals surface area contributed by atoms with Crippen LogP contribution in [0.4, 0.5) is 5.82 Å². The van der Waals surface area contributed by atoms with Gasteiger partial charge in [0.1, 0.15) is 11.6 Å². The summed E-state index contributed by atoms with van der Waals surface area (Å²) >= 11 is 0. The van der Waals surface area contributed by atoms with Gasteiger partial charge in [0, 0.05) is 19.2 Å². The molecule has 2 heterocycles. The largest absolute Gasteiger partial charge is 0.478 e. The van der Waals surface area contributed by atoms with Crippen LogP contribution in [0.2, 0.25) is 0 Å². The summed E-state index contributed by atoms with van der Waals surface area (Å²) in [5.41, 5.74) is 0. The molecule has 0 bridgehead atoms. The topological polar surface area (TPSA) is 50.3 Å². The molecule has 1 aromatic heterocycles. The van der Waals surface area contributed by atoms with E-state index in [1.807, 2.05) is 19.9 Å². The van der Waals surface area contributed by atoms with Gasteiger partial charge in [0.2, 0.25) is 5.88 Å². The van der Waals surface area contributed by atoms with Gasteiger partial charge in [0.05, 0.1) is 6.61 Å². The number of nitrogens with one attached hydrogen (secondary N) is 1. The zero-order valence-electron chi connectivity index (χ0n) is 12.0. The van der Waals surface area contributed by atoms with Gasteiger partial charge in [-0.1, -0.05) is 6.42 Å². The molecule has 1 aliphatic heterocycles. The quantitative estimate of drug-likeness (QED) is 0.852. The lowest BCUT2D eigenvalue weighted by molar-refractivity contribution is 0.237. The van der Waals surface area contributed by atoms with Gasteiger partial charge in [0.25, 0.3) is 0 Å². The van der Waals surface area contributed by atoms with Gasteiger partial charge >= 0.3 is 0 Å². The van der Waals surface area contributed by atoms with E-state index in [0.29, 0.717) is 12.5 Å². The van der Waals surface area contributed by atoms with Gasteiger partial charge in [-0.15, -0.1) is 0 Å². The van der Waals surface area contributed by atoms with E-state index in [-0.39, 0.29) is 0 Å². The predicted molar refractivity (Wildman–Crippen MR) is 76.7 cm³/mol. The highest BCUT2D eigenvalue weighted by atomic mass is 16.5. The van der Waals surface area contributed by atoms with Gasteiger partial charge in [0.15, 0.2) is 0 Å². The van der Waals surface area contributed by atoms with Crippen molar-refractivity contribution in [1.29, 1.82) is 0 Å². The molecule has 106 valence electrons. The SMILES string of the molecule is CCOc1cc(NCCN2CCCCC2)nc(C)n1. The van der Waals surface area contributed by atoms with Crippen molar-refractivity contribution >= 4 is 5.82 Å². The highest BCUT2D eigenvalue weighted by molar-refractivity contribution is 5.38. The fourth-order valence-corrected chi connectivity index (χ4v) is 2.38. The fraction of sp³-hybridized carbons (Fsp3) is 0.714. The molecule has 0 radical (unpaired) electrons. The first-order valence-corrected chi connectivity index (χ1v) is 7.22. The number of aryl methyl sites for hydroxylation is 1. The molecule has 0 amide bonds. The Labute approximate surface area is 115 Å². The first-order chi connectivity index (χ1) is 9.28. The lowest BCUT2D eigenvalue weighted by atomic mass is 10.1. The van der Waals surface area contributed by atoms with Crippen LogP contribution < -0.4 is 10.1 Å². The summed E-state index contributed by atoms with van der Waals surface area (Å²) in [5.74, 6) is 2.25. The first-order valence-electron chi connectivity index (χ1n) is 7.22. The number of aromatic nitrogens is 2. The van der Waals surface area contributed by atoms with Gasteiger partial charge < -0.3 is 15.0 Å². The van der Waals surface area contributed by atoms with Crippen molar-refractivity contribution in [3.05, 3.63) is 11.9 Å². The number of ether oxygens (including phenoxy) is 1. The lowest BCUT2D eigenvalue weighted by Gasteiger charge is -2.26. The second-order valence-corrected chi connectivity index (χ2v) is 4.90. The third-order valence-corrected chi connectivity index (χ3v) is 3.29. The zero-order valence-corrected chi connectivity index (χ0v) is 12.0. The minimum atomic E-state index is 0.629. The maximum absolute atomic E-state index is 5.42. The average molecular weight is 264 g/mol. The Morgan fingerprint density at radius 1 is 1.26 bits per heavy atom. The number of nitrogens with zero attached hydrogens (tertiary/aromatic N) is 3. The smallest absolute Gasteiger partial charge is 0.218 e. The van der Waals surface area contributed by atoms with Crippen LogP contribution in [-0.2, 0) is 0 Å². The lowest BCUT2D eigenvalue weighted by Crippen LogP contribution is -2.33. The molecule has 1 fully saturated rings. The van der Waals surface area contributed by atoms with Crippen LogP contribution in [0, 0.1) is 6.92 Å². The summed E-state index contributed by atoms with van der Waals surface area (Å²) in [6.07, 6.45) is 4.05. The van der Waals surface area contributed by atoms with Crippen LogP contribution in [0.1, 0.15) is 32.0 Å². The Morgan fingerprint density at radius 3 is 2.79 bits per heavy atom. The molecule has 0 spiro atoms. The molecule has 1 N–H and O–H groups in total. The molecule has 1 saturated heterocycles. The molecule has 1 aliphatic rings. The number of anilines is 1. The van der Waals surface area contributed by atoms with E-state index >= 15 is 0 Å². The minimum Gasteiger partial charge on any atom is -0.478 e. The second kappa shape index (κ2) is 7.28. The molecule has 0 saturated carbocycles. The molecule has 5 nitrogen and oxygen atoms in total. The summed E-state index contributed by atoms with van der Waals surface area (Å²) in [5, 5.41) is 3.36. The molecule has 0 unspecified atom stereocenters. The van der Waals surface area contributed by atoms with Crippen LogP contribution in [0.15, 0.2) is 6.07 Å². The molecular formula is C14H24N4O. The van der Waals surface area contributed by atoms with Gasteiger partial charge in [-0.2, -0.15) is 4.98 Å². The summed E-state index contributed by atoms with van der Waals surface area (Å²) in [4.78, 5) is 11.1.